The number of thiocarbonyl (C=S) groups is 1. The van der Waals surface area contributed by atoms with Crippen LogP contribution in [0.2, 0.25) is 0 Å². The van der Waals surface area contributed by atoms with Gasteiger partial charge in [0, 0.05) is 19.3 Å². The number of thioether (sulfide) groups is 1. The quantitative estimate of drug-likeness (QED) is 0.254. The summed E-state index contributed by atoms with van der Waals surface area (Å²) in [5.41, 5.74) is 0.631. The number of unbranched alkanes of at least 4 members (excludes halogenated alkanes) is 4. The van der Waals surface area contributed by atoms with E-state index >= 15 is 0 Å². The van der Waals surface area contributed by atoms with E-state index < -0.39 is 0 Å². The summed E-state index contributed by atoms with van der Waals surface area (Å²) in [5.74, 6) is 0.281. The second kappa shape index (κ2) is 10.5. The lowest BCUT2D eigenvalue weighted by atomic mass is 10.1. The van der Waals surface area contributed by atoms with Crippen LogP contribution in [-0.4, -0.2) is 37.6 Å². The fourth-order valence-electron chi connectivity index (χ4n) is 3.23. The Morgan fingerprint density at radius 2 is 2.03 bits per heavy atom. The van der Waals surface area contributed by atoms with Crippen molar-refractivity contribution >= 4 is 51.7 Å². The molecule has 3 heterocycles. The summed E-state index contributed by atoms with van der Waals surface area (Å²) >= 11 is 6.66. The van der Waals surface area contributed by atoms with E-state index in [0.717, 1.165) is 12.8 Å². The molecule has 158 valence electrons. The average molecular weight is 443 g/mol. The molecule has 0 unspecified atom stereocenters. The van der Waals surface area contributed by atoms with Crippen LogP contribution in [0.1, 0.15) is 44.6 Å². The Morgan fingerprint density at radius 3 is 2.80 bits per heavy atom. The van der Waals surface area contributed by atoms with Crippen molar-refractivity contribution in [1.29, 1.82) is 0 Å². The van der Waals surface area contributed by atoms with Crippen LogP contribution in [0.15, 0.2) is 46.8 Å². The average Bonchev–Trinajstić information content (AvgIpc) is 3.01. The minimum Gasteiger partial charge on any atom is -0.366 e. The molecule has 1 saturated heterocycles. The SMILES string of the molecule is C=CCNc1nc2ccccn2c(=O)c1/C=C1/SC(=S)N(CCCCCCC)C1=O. The second-order valence-corrected chi connectivity index (χ2v) is 8.70. The monoisotopic (exact) mass is 442 g/mol. The summed E-state index contributed by atoms with van der Waals surface area (Å²) in [7, 11) is 0. The molecule has 1 aliphatic rings. The van der Waals surface area contributed by atoms with E-state index in [-0.39, 0.29) is 11.5 Å². The highest BCUT2D eigenvalue weighted by Crippen LogP contribution is 2.33. The minimum absolute atomic E-state index is 0.146. The number of nitrogens with zero attached hydrogens (tertiary/aromatic N) is 3. The zero-order chi connectivity index (χ0) is 21.5. The summed E-state index contributed by atoms with van der Waals surface area (Å²) in [4.78, 5) is 32.6. The smallest absolute Gasteiger partial charge is 0.267 e. The van der Waals surface area contributed by atoms with Crippen LogP contribution in [0.5, 0.6) is 0 Å². The summed E-state index contributed by atoms with van der Waals surface area (Å²) in [5, 5.41) is 3.11. The molecular formula is C22H26N4O2S2. The van der Waals surface area contributed by atoms with Crippen LogP contribution in [0, 0.1) is 0 Å². The molecule has 2 aromatic rings. The highest BCUT2D eigenvalue weighted by Gasteiger charge is 2.32. The van der Waals surface area contributed by atoms with Gasteiger partial charge in [-0.3, -0.25) is 18.9 Å². The topological polar surface area (TPSA) is 66.7 Å². The van der Waals surface area contributed by atoms with E-state index in [1.807, 2.05) is 6.07 Å². The molecule has 1 fully saturated rings. The number of hydrogen-bond donors (Lipinski definition) is 1. The molecular weight excluding hydrogens is 416 g/mol. The van der Waals surface area contributed by atoms with Gasteiger partial charge in [0.25, 0.3) is 11.5 Å². The lowest BCUT2D eigenvalue weighted by Crippen LogP contribution is -2.29. The van der Waals surface area contributed by atoms with Crippen molar-refractivity contribution in [2.75, 3.05) is 18.4 Å². The molecule has 1 aliphatic heterocycles. The van der Waals surface area contributed by atoms with Gasteiger partial charge in [0.1, 0.15) is 15.8 Å². The molecule has 2 aromatic heterocycles. The molecule has 0 saturated carbocycles. The number of hydrogen-bond acceptors (Lipinski definition) is 6. The van der Waals surface area contributed by atoms with Crippen molar-refractivity contribution in [1.82, 2.24) is 14.3 Å². The molecule has 0 aromatic carbocycles. The van der Waals surface area contributed by atoms with Gasteiger partial charge in [-0.05, 0) is 24.6 Å². The summed E-state index contributed by atoms with van der Waals surface area (Å²) in [6.07, 6.45) is 10.5. The van der Waals surface area contributed by atoms with Gasteiger partial charge in [-0.25, -0.2) is 4.98 Å². The normalized spacial score (nSPS) is 15.4. The predicted molar refractivity (Wildman–Crippen MR) is 129 cm³/mol. The Bertz CT molecular complexity index is 1050. The molecule has 6 nitrogen and oxygen atoms in total. The molecule has 3 rings (SSSR count). The number of pyridine rings is 1. The zero-order valence-corrected chi connectivity index (χ0v) is 18.7. The van der Waals surface area contributed by atoms with Crippen LogP contribution in [0.4, 0.5) is 5.82 Å². The number of fused-ring (bicyclic) bond motifs is 1. The highest BCUT2D eigenvalue weighted by atomic mass is 32.2. The van der Waals surface area contributed by atoms with Crippen molar-refractivity contribution < 1.29 is 4.79 Å². The Labute approximate surface area is 186 Å². The van der Waals surface area contributed by atoms with Gasteiger partial charge in [-0.1, -0.05) is 68.7 Å². The maximum Gasteiger partial charge on any atom is 0.267 e. The third-order valence-corrected chi connectivity index (χ3v) is 6.19. The van der Waals surface area contributed by atoms with Crippen LogP contribution < -0.4 is 10.9 Å². The molecule has 0 bridgehead atoms. The number of nitrogens with one attached hydrogen (secondary N) is 1. The largest absolute Gasteiger partial charge is 0.366 e. The van der Waals surface area contributed by atoms with Crippen LogP contribution in [-0.2, 0) is 4.79 Å². The van der Waals surface area contributed by atoms with Crippen LogP contribution >= 0.6 is 24.0 Å². The van der Waals surface area contributed by atoms with Crippen molar-refractivity contribution in [2.24, 2.45) is 0 Å². The Morgan fingerprint density at radius 1 is 1.23 bits per heavy atom. The lowest BCUT2D eigenvalue weighted by molar-refractivity contribution is -0.122. The first-order chi connectivity index (χ1) is 14.6. The zero-order valence-electron chi connectivity index (χ0n) is 17.1. The molecule has 1 amide bonds. The maximum atomic E-state index is 13.1. The maximum absolute atomic E-state index is 13.1. The summed E-state index contributed by atoms with van der Waals surface area (Å²) < 4.78 is 2.01. The Kier molecular flexibility index (Phi) is 7.81. The van der Waals surface area contributed by atoms with E-state index in [4.69, 9.17) is 12.2 Å². The van der Waals surface area contributed by atoms with E-state index in [0.29, 0.717) is 39.3 Å². The molecule has 0 aliphatic carbocycles. The van der Waals surface area contributed by atoms with Crippen LogP contribution in [0.3, 0.4) is 0 Å². The first kappa shape index (κ1) is 22.2. The molecule has 0 spiro atoms. The highest BCUT2D eigenvalue weighted by molar-refractivity contribution is 8.26. The third kappa shape index (κ3) is 4.99. The van der Waals surface area contributed by atoms with Gasteiger partial charge >= 0.3 is 0 Å². The molecule has 0 radical (unpaired) electrons. The van der Waals surface area contributed by atoms with E-state index in [1.165, 1.54) is 35.4 Å². The third-order valence-electron chi connectivity index (χ3n) is 4.82. The van der Waals surface area contributed by atoms with Crippen molar-refractivity contribution in [2.45, 2.75) is 39.0 Å². The fourth-order valence-corrected chi connectivity index (χ4v) is 4.52. The lowest BCUT2D eigenvalue weighted by Gasteiger charge is -2.14. The van der Waals surface area contributed by atoms with Gasteiger partial charge in [-0.15, -0.1) is 6.58 Å². The standard InChI is InChI=1S/C22H26N4O2S2/c1-3-5-6-7-9-14-26-21(28)17(30-22(26)29)15-16-19(23-12-4-2)24-18-11-8-10-13-25(18)20(16)27/h4,8,10-11,13,15,23H,2-3,5-7,9,12,14H2,1H3/b17-15+. The van der Waals surface area contributed by atoms with Gasteiger partial charge in [0.15, 0.2) is 0 Å². The predicted octanol–water partition coefficient (Wildman–Crippen LogP) is 4.46. The molecule has 0 atom stereocenters. The van der Waals surface area contributed by atoms with Gasteiger partial charge in [0.05, 0.1) is 10.5 Å². The molecule has 30 heavy (non-hydrogen) atoms. The van der Waals surface area contributed by atoms with Gasteiger partial charge in [0.2, 0.25) is 0 Å². The number of carbonyl (C=O) groups is 1. The Balaban J connectivity index is 1.89. The van der Waals surface area contributed by atoms with E-state index in [1.54, 1.807) is 35.4 Å². The second-order valence-electron chi connectivity index (χ2n) is 7.03. The summed E-state index contributed by atoms with van der Waals surface area (Å²) in [6, 6.07) is 5.36. The van der Waals surface area contributed by atoms with Crippen molar-refractivity contribution in [3.8, 4) is 0 Å². The number of rotatable bonds is 10. The Hall–Kier alpha value is -2.45. The number of anilines is 1. The number of aromatic nitrogens is 2. The van der Waals surface area contributed by atoms with Gasteiger partial charge < -0.3 is 5.32 Å². The van der Waals surface area contributed by atoms with E-state index in [9.17, 15) is 9.59 Å². The first-order valence-corrected chi connectivity index (χ1v) is 11.4. The van der Waals surface area contributed by atoms with Crippen molar-refractivity contribution in [3.05, 3.63) is 57.9 Å². The minimum atomic E-state index is -0.239. The van der Waals surface area contributed by atoms with Gasteiger partial charge in [-0.2, -0.15) is 0 Å². The van der Waals surface area contributed by atoms with E-state index in [2.05, 4.69) is 23.8 Å². The van der Waals surface area contributed by atoms with Crippen LogP contribution in [0.25, 0.3) is 11.7 Å². The molecule has 8 heteroatoms. The number of carbonyl (C=O) groups excluding carboxylic acids is 1. The fraction of sp³-hybridized carbons (Fsp3) is 0.364. The molecule has 1 N–H and O–H groups in total. The summed E-state index contributed by atoms with van der Waals surface area (Å²) in [6.45, 7) is 6.94. The number of amides is 1. The first-order valence-electron chi connectivity index (χ1n) is 10.2. The van der Waals surface area contributed by atoms with Crippen molar-refractivity contribution in [3.63, 3.8) is 0 Å².